The molecule has 1 aliphatic rings. The average Bonchev–Trinajstić information content (AvgIpc) is 3.22. The van der Waals surface area contributed by atoms with Crippen molar-refractivity contribution in [2.75, 3.05) is 0 Å². The van der Waals surface area contributed by atoms with Gasteiger partial charge < -0.3 is 18.7 Å². The lowest BCUT2D eigenvalue weighted by Crippen LogP contribution is -2.53. The van der Waals surface area contributed by atoms with E-state index in [-0.39, 0.29) is 5.54 Å². The molecule has 6 nitrogen and oxygen atoms in total. The van der Waals surface area contributed by atoms with E-state index in [0.717, 1.165) is 5.56 Å². The Bertz CT molecular complexity index is 826. The van der Waals surface area contributed by atoms with Crippen molar-refractivity contribution in [3.63, 3.8) is 0 Å². The Hall–Kier alpha value is -2.59. The number of hydrogen-bond donors (Lipinski definition) is 0. The highest BCUT2D eigenvalue weighted by molar-refractivity contribution is 7.52. The Morgan fingerprint density at radius 2 is 1.58 bits per heavy atom. The Balaban J connectivity index is 1.50. The van der Waals surface area contributed by atoms with Gasteiger partial charge in [0.05, 0.1) is 0 Å². The minimum Gasteiger partial charge on any atom is -0.554 e. The highest BCUT2D eigenvalue weighted by Crippen LogP contribution is 2.58. The molecule has 0 N–H and O–H groups in total. The SMILES string of the molecule is CC(C)(c1ccccc1)[n+]1cc([N-]P2Oc3ccccc3O2)on1. The Morgan fingerprint density at radius 1 is 0.958 bits per heavy atom. The predicted molar refractivity (Wildman–Crippen MR) is 89.2 cm³/mol. The summed E-state index contributed by atoms with van der Waals surface area (Å²) < 4.78 is 18.4. The first kappa shape index (κ1) is 15.0. The van der Waals surface area contributed by atoms with Gasteiger partial charge in [0, 0.05) is 19.4 Å². The second kappa shape index (κ2) is 5.80. The van der Waals surface area contributed by atoms with E-state index in [1.54, 1.807) is 10.9 Å². The summed E-state index contributed by atoms with van der Waals surface area (Å²) in [4.78, 5) is 0. The molecule has 0 bridgehead atoms. The maximum atomic E-state index is 5.67. The maximum absolute atomic E-state index is 5.67. The predicted octanol–water partition coefficient (Wildman–Crippen LogP) is 4.45. The van der Waals surface area contributed by atoms with Crippen molar-refractivity contribution in [1.29, 1.82) is 0 Å². The second-order valence-electron chi connectivity index (χ2n) is 5.88. The zero-order valence-corrected chi connectivity index (χ0v) is 14.2. The lowest BCUT2D eigenvalue weighted by atomic mass is 9.95. The zero-order valence-electron chi connectivity index (χ0n) is 13.3. The molecule has 3 aromatic rings. The summed E-state index contributed by atoms with van der Waals surface area (Å²) in [6.45, 7) is 4.14. The first-order valence-corrected chi connectivity index (χ1v) is 8.67. The number of nitrogens with zero attached hydrogens (tertiary/aromatic N) is 3. The molecule has 0 fully saturated rings. The molecule has 24 heavy (non-hydrogen) atoms. The lowest BCUT2D eigenvalue weighted by molar-refractivity contribution is -0.807. The minimum atomic E-state index is -1.45. The molecule has 7 heteroatoms. The molecular formula is C17H16N3O3P. The molecular weight excluding hydrogens is 325 g/mol. The van der Waals surface area contributed by atoms with Crippen LogP contribution in [0.5, 0.6) is 11.5 Å². The van der Waals surface area contributed by atoms with E-state index in [4.69, 9.17) is 13.6 Å². The zero-order chi connectivity index (χ0) is 16.6. The van der Waals surface area contributed by atoms with E-state index in [2.05, 4.69) is 36.3 Å². The molecule has 0 aliphatic carbocycles. The van der Waals surface area contributed by atoms with Gasteiger partial charge in [0.25, 0.3) is 0 Å². The fourth-order valence-electron chi connectivity index (χ4n) is 2.43. The van der Waals surface area contributed by atoms with Crippen molar-refractivity contribution in [2.24, 2.45) is 0 Å². The molecule has 1 aliphatic heterocycles. The van der Waals surface area contributed by atoms with E-state index >= 15 is 0 Å². The summed E-state index contributed by atoms with van der Waals surface area (Å²) >= 11 is 0. The van der Waals surface area contributed by atoms with Crippen molar-refractivity contribution < 1.29 is 18.3 Å². The molecule has 0 saturated heterocycles. The van der Waals surface area contributed by atoms with Crippen LogP contribution in [-0.2, 0) is 5.54 Å². The molecule has 0 amide bonds. The third-order valence-corrected chi connectivity index (χ3v) is 4.96. The number of hydrogen-bond acceptors (Lipinski definition) is 4. The van der Waals surface area contributed by atoms with Gasteiger partial charge in [-0.1, -0.05) is 42.5 Å². The van der Waals surface area contributed by atoms with Crippen molar-refractivity contribution in [3.05, 3.63) is 71.4 Å². The van der Waals surface area contributed by atoms with Crippen LogP contribution in [-0.4, -0.2) is 5.27 Å². The number of rotatable bonds is 4. The molecule has 2 aromatic carbocycles. The smallest absolute Gasteiger partial charge is 0.223 e. The lowest BCUT2D eigenvalue weighted by Gasteiger charge is -2.20. The van der Waals surface area contributed by atoms with Crippen molar-refractivity contribution in [3.8, 4) is 11.5 Å². The quantitative estimate of drug-likeness (QED) is 0.519. The van der Waals surface area contributed by atoms with E-state index in [1.807, 2.05) is 42.5 Å². The van der Waals surface area contributed by atoms with E-state index < -0.39 is 8.53 Å². The van der Waals surface area contributed by atoms with E-state index in [1.165, 1.54) is 0 Å². The van der Waals surface area contributed by atoms with Gasteiger partial charge >= 0.3 is 0 Å². The van der Waals surface area contributed by atoms with Gasteiger partial charge in [0.15, 0.2) is 16.8 Å². The van der Waals surface area contributed by atoms with Crippen LogP contribution in [0.15, 0.2) is 65.3 Å². The van der Waals surface area contributed by atoms with Crippen LogP contribution in [0.3, 0.4) is 0 Å². The molecule has 0 saturated carbocycles. The Kier molecular flexibility index (Phi) is 3.62. The Labute approximate surface area is 141 Å². The summed E-state index contributed by atoms with van der Waals surface area (Å²) in [6, 6.07) is 17.6. The van der Waals surface area contributed by atoms with Gasteiger partial charge in [-0.2, -0.15) is 0 Å². The van der Waals surface area contributed by atoms with Crippen molar-refractivity contribution in [2.45, 2.75) is 19.4 Å². The topological polar surface area (TPSA) is 62.5 Å². The summed E-state index contributed by atoms with van der Waals surface area (Å²) in [5, 5.41) is 8.47. The van der Waals surface area contributed by atoms with Crippen LogP contribution in [0.2, 0.25) is 0 Å². The molecule has 2 heterocycles. The van der Waals surface area contributed by atoms with Crippen LogP contribution in [0, 0.1) is 0 Å². The van der Waals surface area contributed by atoms with E-state index in [0.29, 0.717) is 17.4 Å². The number of benzene rings is 2. The van der Waals surface area contributed by atoms with Gasteiger partial charge in [-0.25, -0.2) is 0 Å². The summed E-state index contributed by atoms with van der Waals surface area (Å²) in [5.41, 5.74) is 0.771. The monoisotopic (exact) mass is 341 g/mol. The van der Waals surface area contributed by atoms with Gasteiger partial charge in [-0.05, 0) is 16.8 Å². The fourth-order valence-corrected chi connectivity index (χ4v) is 3.44. The number of fused-ring (bicyclic) bond motifs is 1. The van der Waals surface area contributed by atoms with Gasteiger partial charge in [0.1, 0.15) is 5.88 Å². The highest BCUT2D eigenvalue weighted by Gasteiger charge is 2.34. The van der Waals surface area contributed by atoms with Gasteiger partial charge in [-0.3, -0.25) is 0 Å². The first-order chi connectivity index (χ1) is 11.6. The number of para-hydroxylation sites is 2. The maximum Gasteiger partial charge on any atom is 0.223 e. The average molecular weight is 341 g/mol. The molecule has 0 spiro atoms. The van der Waals surface area contributed by atoms with Crippen molar-refractivity contribution in [1.82, 2.24) is 5.27 Å². The molecule has 0 unspecified atom stereocenters. The normalized spacial score (nSPS) is 13.9. The highest BCUT2D eigenvalue weighted by atomic mass is 31.2. The molecule has 122 valence electrons. The third kappa shape index (κ3) is 2.69. The van der Waals surface area contributed by atoms with Crippen LogP contribution >= 0.6 is 8.53 Å². The molecule has 0 radical (unpaired) electrons. The standard InChI is InChI=1S/C17H16N3O3P/c1-17(2,13-8-4-3-5-9-13)20-12-16(21-19-20)18-24-22-14-10-6-7-11-15(14)23-24/h3-12H,1-2H3. The molecule has 0 atom stereocenters. The fraction of sp³-hybridized carbons (Fsp3) is 0.176. The van der Waals surface area contributed by atoms with Crippen LogP contribution < -0.4 is 13.7 Å². The first-order valence-electron chi connectivity index (χ1n) is 7.54. The summed E-state index contributed by atoms with van der Waals surface area (Å²) in [7, 11) is -1.45. The summed E-state index contributed by atoms with van der Waals surface area (Å²) in [6.07, 6.45) is 1.76. The largest absolute Gasteiger partial charge is 0.554 e. The molecule has 4 rings (SSSR count). The van der Waals surface area contributed by atoms with Gasteiger partial charge in [-0.15, -0.1) is 0 Å². The number of aromatic nitrogens is 2. The van der Waals surface area contributed by atoms with Crippen LogP contribution in [0.4, 0.5) is 5.88 Å². The van der Waals surface area contributed by atoms with Crippen LogP contribution in [0.1, 0.15) is 19.4 Å². The summed E-state index contributed by atoms with van der Waals surface area (Å²) in [5.74, 6) is 1.77. The third-order valence-electron chi connectivity index (χ3n) is 3.89. The second-order valence-corrected chi connectivity index (χ2v) is 6.92. The van der Waals surface area contributed by atoms with Crippen molar-refractivity contribution >= 4 is 14.4 Å². The Morgan fingerprint density at radius 3 is 2.25 bits per heavy atom. The van der Waals surface area contributed by atoms with Gasteiger partial charge in [0.2, 0.25) is 20.3 Å². The van der Waals surface area contributed by atoms with E-state index in [9.17, 15) is 0 Å². The molecule has 1 aromatic heterocycles. The van der Waals surface area contributed by atoms with Crippen LogP contribution in [0.25, 0.3) is 5.09 Å². The minimum absolute atomic E-state index is 0.355.